The van der Waals surface area contributed by atoms with Gasteiger partial charge in [0.25, 0.3) is 5.56 Å². The first-order chi connectivity index (χ1) is 16.6. The first-order valence-electron chi connectivity index (χ1n) is 11.9. The molecule has 1 aliphatic rings. The van der Waals surface area contributed by atoms with Crippen molar-refractivity contribution >= 4 is 22.4 Å². The fourth-order valence-corrected chi connectivity index (χ4v) is 4.84. The van der Waals surface area contributed by atoms with Crippen molar-refractivity contribution in [1.82, 2.24) is 24.8 Å². The molecule has 34 heavy (non-hydrogen) atoms. The summed E-state index contributed by atoms with van der Waals surface area (Å²) >= 11 is 6.06. The van der Waals surface area contributed by atoms with E-state index in [2.05, 4.69) is 22.0 Å². The molecular formula is C26H28ClN5O2. The van der Waals surface area contributed by atoms with Gasteiger partial charge >= 0.3 is 0 Å². The van der Waals surface area contributed by atoms with Crippen molar-refractivity contribution in [1.29, 1.82) is 0 Å². The van der Waals surface area contributed by atoms with Gasteiger partial charge in [0, 0.05) is 29.3 Å². The van der Waals surface area contributed by atoms with Crippen LogP contribution in [0.25, 0.3) is 10.8 Å². The lowest BCUT2D eigenvalue weighted by Crippen LogP contribution is -2.37. The number of aromatic nitrogens is 4. The standard InChI is InChI=1S/C26H28ClN5O2/c1-2-6-24-28-25(34-30-24)17-31-14-5-7-20(31)16-32-26(33)22-9-4-3-8-21(22)23(29-32)15-18-10-12-19(27)13-11-18/h3-4,8-13,20H,2,5-7,14-17H2,1H3. The lowest BCUT2D eigenvalue weighted by molar-refractivity contribution is 0.190. The van der Waals surface area contributed by atoms with E-state index in [-0.39, 0.29) is 11.6 Å². The Bertz CT molecular complexity index is 1330. The van der Waals surface area contributed by atoms with Gasteiger partial charge in [0.2, 0.25) is 5.89 Å². The maximum Gasteiger partial charge on any atom is 0.274 e. The highest BCUT2D eigenvalue weighted by Gasteiger charge is 2.27. The Morgan fingerprint density at radius 1 is 1.12 bits per heavy atom. The molecule has 8 heteroatoms. The minimum Gasteiger partial charge on any atom is -0.338 e. The number of hydrogen-bond donors (Lipinski definition) is 0. The first-order valence-corrected chi connectivity index (χ1v) is 12.3. The van der Waals surface area contributed by atoms with Gasteiger partial charge < -0.3 is 4.52 Å². The SMILES string of the molecule is CCCc1noc(CN2CCCC2Cn2nc(Cc3ccc(Cl)cc3)c3ccccc3c2=O)n1. The summed E-state index contributed by atoms with van der Waals surface area (Å²) in [6.45, 7) is 4.17. The Balaban J connectivity index is 1.41. The van der Waals surface area contributed by atoms with Crippen molar-refractivity contribution in [3.05, 3.63) is 86.9 Å². The fourth-order valence-electron chi connectivity index (χ4n) is 4.72. The smallest absolute Gasteiger partial charge is 0.274 e. The van der Waals surface area contributed by atoms with Crippen molar-refractivity contribution in [2.24, 2.45) is 0 Å². The number of likely N-dealkylation sites (tertiary alicyclic amines) is 1. The molecule has 0 N–H and O–H groups in total. The van der Waals surface area contributed by atoms with E-state index in [1.54, 1.807) is 4.68 Å². The normalized spacial score (nSPS) is 16.5. The number of fused-ring (bicyclic) bond motifs is 1. The third-order valence-corrected chi connectivity index (χ3v) is 6.69. The third kappa shape index (κ3) is 4.91. The molecule has 5 rings (SSSR count). The van der Waals surface area contributed by atoms with Crippen LogP contribution in [0.4, 0.5) is 0 Å². The van der Waals surface area contributed by atoms with Crippen LogP contribution >= 0.6 is 11.6 Å². The molecule has 1 aliphatic heterocycles. The topological polar surface area (TPSA) is 77.0 Å². The van der Waals surface area contributed by atoms with Crippen molar-refractivity contribution in [2.45, 2.75) is 58.2 Å². The molecule has 0 bridgehead atoms. The molecule has 3 heterocycles. The van der Waals surface area contributed by atoms with Crippen molar-refractivity contribution in [2.75, 3.05) is 6.54 Å². The van der Waals surface area contributed by atoms with E-state index in [9.17, 15) is 4.79 Å². The number of hydrogen-bond acceptors (Lipinski definition) is 6. The second-order valence-corrected chi connectivity index (χ2v) is 9.34. The second kappa shape index (κ2) is 10.1. The van der Waals surface area contributed by atoms with Crippen LogP contribution in [-0.2, 0) is 25.9 Å². The van der Waals surface area contributed by atoms with Crippen LogP contribution in [0.2, 0.25) is 5.02 Å². The van der Waals surface area contributed by atoms with Gasteiger partial charge in [-0.25, -0.2) is 4.68 Å². The Kier molecular flexibility index (Phi) is 6.74. The first kappa shape index (κ1) is 22.7. The molecule has 2 aromatic carbocycles. The van der Waals surface area contributed by atoms with Crippen molar-refractivity contribution in [3.63, 3.8) is 0 Å². The van der Waals surface area contributed by atoms with Gasteiger partial charge in [-0.3, -0.25) is 9.69 Å². The van der Waals surface area contributed by atoms with Crippen LogP contribution in [0.5, 0.6) is 0 Å². The molecule has 0 radical (unpaired) electrons. The molecule has 4 aromatic rings. The van der Waals surface area contributed by atoms with Gasteiger partial charge in [0.05, 0.1) is 24.2 Å². The van der Waals surface area contributed by atoms with Crippen molar-refractivity contribution in [3.8, 4) is 0 Å². The van der Waals surface area contributed by atoms with Crippen LogP contribution in [0.15, 0.2) is 57.8 Å². The second-order valence-electron chi connectivity index (χ2n) is 8.90. The molecule has 0 saturated carbocycles. The fraction of sp³-hybridized carbons (Fsp3) is 0.385. The number of aryl methyl sites for hydroxylation is 1. The van der Waals surface area contributed by atoms with Gasteiger partial charge in [-0.05, 0) is 49.6 Å². The molecule has 7 nitrogen and oxygen atoms in total. The third-order valence-electron chi connectivity index (χ3n) is 6.43. The highest BCUT2D eigenvalue weighted by molar-refractivity contribution is 6.30. The van der Waals surface area contributed by atoms with Crippen LogP contribution in [0.3, 0.4) is 0 Å². The van der Waals surface area contributed by atoms with Gasteiger partial charge in [0.1, 0.15) is 0 Å². The number of benzene rings is 2. The zero-order chi connectivity index (χ0) is 23.5. The predicted octanol–water partition coefficient (Wildman–Crippen LogP) is 4.64. The molecular weight excluding hydrogens is 450 g/mol. The molecule has 1 saturated heterocycles. The summed E-state index contributed by atoms with van der Waals surface area (Å²) in [6.07, 6.45) is 4.51. The molecule has 2 aromatic heterocycles. The van der Waals surface area contributed by atoms with Gasteiger partial charge in [-0.15, -0.1) is 0 Å². The summed E-state index contributed by atoms with van der Waals surface area (Å²) in [5.74, 6) is 1.39. The average molecular weight is 478 g/mol. The van der Waals surface area contributed by atoms with E-state index in [4.69, 9.17) is 21.2 Å². The molecule has 176 valence electrons. The predicted molar refractivity (Wildman–Crippen MR) is 132 cm³/mol. The summed E-state index contributed by atoms with van der Waals surface area (Å²) in [5, 5.41) is 11.2. The van der Waals surface area contributed by atoms with E-state index in [0.29, 0.717) is 35.8 Å². The lowest BCUT2D eigenvalue weighted by atomic mass is 10.0. The van der Waals surface area contributed by atoms with Crippen LogP contribution in [-0.4, -0.2) is 37.4 Å². The highest BCUT2D eigenvalue weighted by atomic mass is 35.5. The number of rotatable bonds is 8. The van der Waals surface area contributed by atoms with Gasteiger partial charge in [-0.2, -0.15) is 10.1 Å². The van der Waals surface area contributed by atoms with E-state index >= 15 is 0 Å². The maximum atomic E-state index is 13.3. The Hall–Kier alpha value is -3.03. The molecule has 0 amide bonds. The van der Waals surface area contributed by atoms with E-state index in [1.807, 2.05) is 48.5 Å². The number of halogens is 1. The minimum absolute atomic E-state index is 0.0506. The Morgan fingerprint density at radius 3 is 2.71 bits per heavy atom. The summed E-state index contributed by atoms with van der Waals surface area (Å²) < 4.78 is 7.10. The van der Waals surface area contributed by atoms with E-state index in [1.165, 1.54) is 0 Å². The number of nitrogens with zero attached hydrogens (tertiary/aromatic N) is 5. The summed E-state index contributed by atoms with van der Waals surface area (Å²) in [4.78, 5) is 20.2. The van der Waals surface area contributed by atoms with Crippen molar-refractivity contribution < 1.29 is 4.52 Å². The molecule has 1 atom stereocenters. The molecule has 1 unspecified atom stereocenters. The zero-order valence-electron chi connectivity index (χ0n) is 19.3. The molecule has 0 spiro atoms. The summed E-state index contributed by atoms with van der Waals surface area (Å²) in [7, 11) is 0. The zero-order valence-corrected chi connectivity index (χ0v) is 20.0. The lowest BCUT2D eigenvalue weighted by Gasteiger charge is -2.23. The Morgan fingerprint density at radius 2 is 1.91 bits per heavy atom. The molecule has 0 aliphatic carbocycles. The average Bonchev–Trinajstić information content (AvgIpc) is 3.48. The maximum absolute atomic E-state index is 13.3. The summed E-state index contributed by atoms with van der Waals surface area (Å²) in [6, 6.07) is 15.7. The van der Waals surface area contributed by atoms with Gasteiger partial charge in [-0.1, -0.05) is 54.0 Å². The highest BCUT2D eigenvalue weighted by Crippen LogP contribution is 2.22. The quantitative estimate of drug-likeness (QED) is 0.368. The molecule has 1 fully saturated rings. The van der Waals surface area contributed by atoms with E-state index in [0.717, 1.165) is 54.7 Å². The van der Waals surface area contributed by atoms with Crippen LogP contribution in [0.1, 0.15) is 49.2 Å². The monoisotopic (exact) mass is 477 g/mol. The largest absolute Gasteiger partial charge is 0.338 e. The van der Waals surface area contributed by atoms with Crippen LogP contribution in [0, 0.1) is 0 Å². The van der Waals surface area contributed by atoms with Gasteiger partial charge in [0.15, 0.2) is 5.82 Å². The minimum atomic E-state index is -0.0506. The Labute approximate surface area is 203 Å². The summed E-state index contributed by atoms with van der Waals surface area (Å²) in [5.41, 5.74) is 1.95. The van der Waals surface area contributed by atoms with Crippen LogP contribution < -0.4 is 5.56 Å². The van der Waals surface area contributed by atoms with E-state index < -0.39 is 0 Å².